The van der Waals surface area contributed by atoms with Crippen LogP contribution >= 0.6 is 15.6 Å². The molecule has 2 fully saturated rings. The van der Waals surface area contributed by atoms with Gasteiger partial charge in [-0.3, -0.25) is 28.0 Å². The van der Waals surface area contributed by atoms with Gasteiger partial charge in [0.25, 0.3) is 21.2 Å². The highest BCUT2D eigenvalue weighted by atomic mass is 31.3. The molecule has 0 spiro atoms. The van der Waals surface area contributed by atoms with Crippen LogP contribution in [0.25, 0.3) is 11.2 Å². The average Bonchev–Trinajstić information content (AvgIpc) is 3.38. The number of nitrogens with two attached hydrogens (primary N) is 1. The van der Waals surface area contributed by atoms with E-state index in [9.17, 15) is 59.1 Å². The van der Waals surface area contributed by atoms with Crippen molar-refractivity contribution in [2.75, 3.05) is 12.3 Å². The second-order valence-electron chi connectivity index (χ2n) is 8.41. The molecule has 0 aliphatic carbocycles. The van der Waals surface area contributed by atoms with Gasteiger partial charge in [-0.1, -0.05) is 0 Å². The molecule has 0 aromatic carbocycles. The van der Waals surface area contributed by atoms with Gasteiger partial charge in [0.1, 0.15) is 42.7 Å². The number of fused-ring (bicyclic) bond motifs is 1. The zero-order chi connectivity index (χ0) is 29.7. The van der Waals surface area contributed by atoms with Crippen molar-refractivity contribution < 1.29 is 77.2 Å². The summed E-state index contributed by atoms with van der Waals surface area (Å²) in [5.74, 6) is -2.44. The quantitative estimate of drug-likeness (QED) is 0.129. The molecule has 24 heteroatoms. The van der Waals surface area contributed by atoms with Gasteiger partial charge in [0.15, 0.2) is 23.7 Å². The minimum Gasteiger partial charge on any atom is -0.756 e. The van der Waals surface area contributed by atoms with Crippen LogP contribution in [0.2, 0.25) is 0 Å². The smallest absolute Gasteiger partial charge is 0.280 e. The molecule has 2 aliphatic heterocycles. The third-order valence-electron chi connectivity index (χ3n) is 5.69. The number of carboxylic acid groups (broad SMARTS) is 1. The predicted octanol–water partition coefficient (Wildman–Crippen LogP) is -7.13. The Morgan fingerprint density at radius 1 is 1.07 bits per heavy atom. The molecule has 0 radical (unpaired) electrons. The number of carbonyl (C=O) groups is 1. The van der Waals surface area contributed by atoms with E-state index in [0.29, 0.717) is 0 Å². The summed E-state index contributed by atoms with van der Waals surface area (Å²) in [6.07, 6.45) is -17.6. The zero-order valence-electron chi connectivity index (χ0n) is 19.4. The number of phosphoric acid groups is 2. The van der Waals surface area contributed by atoms with Gasteiger partial charge in [-0.05, 0) is 0 Å². The molecule has 0 bridgehead atoms. The predicted molar refractivity (Wildman–Crippen MR) is 114 cm³/mol. The van der Waals surface area contributed by atoms with Crippen molar-refractivity contribution in [3.63, 3.8) is 0 Å². The zero-order valence-corrected chi connectivity index (χ0v) is 21.2. The Morgan fingerprint density at radius 3 is 2.40 bits per heavy atom. The van der Waals surface area contributed by atoms with Gasteiger partial charge in [0, 0.05) is 0 Å². The van der Waals surface area contributed by atoms with E-state index in [1.807, 2.05) is 0 Å². The van der Waals surface area contributed by atoms with E-state index in [0.717, 1.165) is 10.9 Å². The number of anilines is 1. The van der Waals surface area contributed by atoms with Crippen molar-refractivity contribution >= 4 is 38.7 Å². The molecule has 4 rings (SSSR count). The SMILES string of the molecule is Nc1nc2c(ncn2[C@@H]2O[C@H](COP(=O)([O-])OP(=O)([O-])OC3O[C@H](C(=O)[O-])[C@@H](O)[C@H](O)[C@@H]3O)[C@@H](O)[C@H]2O)c(=O)[nH]1. The van der Waals surface area contributed by atoms with Gasteiger partial charge in [0.05, 0.1) is 18.9 Å². The summed E-state index contributed by atoms with van der Waals surface area (Å²) in [5, 5.41) is 60.7. The first-order valence-corrected chi connectivity index (χ1v) is 13.7. The molecule has 224 valence electrons. The molecule has 2 aromatic rings. The van der Waals surface area contributed by atoms with Gasteiger partial charge in [0.2, 0.25) is 5.95 Å². The lowest BCUT2D eigenvalue weighted by atomic mass is 9.99. The van der Waals surface area contributed by atoms with Crippen LogP contribution in [-0.2, 0) is 36.8 Å². The molecule has 2 aliphatic rings. The topological polar surface area (TPSA) is 357 Å². The van der Waals surface area contributed by atoms with Crippen LogP contribution in [0, 0.1) is 0 Å². The summed E-state index contributed by atoms with van der Waals surface area (Å²) in [6, 6.07) is 0. The minimum atomic E-state index is -6.06. The van der Waals surface area contributed by atoms with Crippen molar-refractivity contribution in [1.29, 1.82) is 0 Å². The molecular formula is C16H20N5O17P2-3. The summed E-state index contributed by atoms with van der Waals surface area (Å²) in [6.45, 7) is -1.14. The summed E-state index contributed by atoms with van der Waals surface area (Å²) in [4.78, 5) is 57.0. The van der Waals surface area contributed by atoms with E-state index in [4.69, 9.17) is 10.5 Å². The Balaban J connectivity index is 1.40. The van der Waals surface area contributed by atoms with Crippen LogP contribution in [0.4, 0.5) is 5.95 Å². The lowest BCUT2D eigenvalue weighted by Gasteiger charge is -2.42. The Bertz CT molecular complexity index is 1420. The van der Waals surface area contributed by atoms with Crippen LogP contribution in [0.1, 0.15) is 6.23 Å². The van der Waals surface area contributed by atoms with Crippen molar-refractivity contribution in [2.24, 2.45) is 0 Å². The highest BCUT2D eigenvalue weighted by Crippen LogP contribution is 2.57. The standard InChI is InChI=1S/C16H23N5O17P2/c17-16-19-11-4(12(27)20-16)18-2-21(11)13-8(25)5(22)3(35-13)1-34-39(30,31)38-40(32,33)37-15-9(26)6(23)7(24)10(36-15)14(28)29/h2-3,5-10,13,15,22-26H,1H2,(H,28,29)(H,30,31)(H,32,33)(H3,17,19,20,27)/p-3/t3-,5-,6+,7+,8-,9+,10+,13-,15?/m1/s1. The number of imidazole rings is 1. The molecule has 4 heterocycles. The van der Waals surface area contributed by atoms with E-state index in [1.54, 1.807) is 0 Å². The molecule has 8 N–H and O–H groups in total. The normalized spacial score (nSPS) is 35.8. The second kappa shape index (κ2) is 11.1. The van der Waals surface area contributed by atoms with Gasteiger partial charge < -0.3 is 65.0 Å². The number of carboxylic acids is 1. The average molecular weight is 616 g/mol. The van der Waals surface area contributed by atoms with Crippen molar-refractivity contribution in [3.8, 4) is 0 Å². The Morgan fingerprint density at radius 2 is 1.75 bits per heavy atom. The maximum absolute atomic E-state index is 12.1. The van der Waals surface area contributed by atoms with Crippen LogP contribution in [0.3, 0.4) is 0 Å². The highest BCUT2D eigenvalue weighted by molar-refractivity contribution is 7.59. The number of hydrogen-bond donors (Lipinski definition) is 7. The lowest BCUT2D eigenvalue weighted by molar-refractivity contribution is -0.348. The number of carbonyl (C=O) groups excluding carboxylic acids is 1. The van der Waals surface area contributed by atoms with E-state index in [2.05, 4.69) is 33.0 Å². The van der Waals surface area contributed by atoms with Crippen LogP contribution in [0.15, 0.2) is 11.1 Å². The summed E-state index contributed by atoms with van der Waals surface area (Å²) in [5.41, 5.74) is 4.40. The van der Waals surface area contributed by atoms with E-state index in [1.165, 1.54) is 0 Å². The summed E-state index contributed by atoms with van der Waals surface area (Å²) in [7, 11) is -11.9. The fraction of sp³-hybridized carbons (Fsp3) is 0.625. The number of phosphoric ester groups is 2. The largest absolute Gasteiger partial charge is 0.756 e. The number of rotatable bonds is 9. The number of aliphatic hydroxyl groups excluding tert-OH is 5. The number of aliphatic hydroxyl groups is 5. The van der Waals surface area contributed by atoms with Crippen molar-refractivity contribution in [1.82, 2.24) is 19.5 Å². The number of nitrogen functional groups attached to an aromatic ring is 1. The number of aliphatic carboxylic acids is 1. The first kappa shape index (κ1) is 30.6. The van der Waals surface area contributed by atoms with Gasteiger partial charge in [-0.15, -0.1) is 0 Å². The van der Waals surface area contributed by atoms with Gasteiger partial charge in [-0.2, -0.15) is 4.98 Å². The minimum absolute atomic E-state index is 0.160. The summed E-state index contributed by atoms with van der Waals surface area (Å²) < 4.78 is 47.5. The number of aromatic amines is 1. The van der Waals surface area contributed by atoms with Gasteiger partial charge in [-0.25, -0.2) is 9.29 Å². The van der Waals surface area contributed by atoms with Crippen LogP contribution in [0.5, 0.6) is 0 Å². The maximum atomic E-state index is 12.1. The molecule has 2 saturated heterocycles. The molecule has 2 aromatic heterocycles. The Labute approximate surface area is 220 Å². The molecule has 0 amide bonds. The number of ether oxygens (including phenoxy) is 2. The Kier molecular flexibility index (Phi) is 8.49. The van der Waals surface area contributed by atoms with E-state index < -0.39 is 89.0 Å². The van der Waals surface area contributed by atoms with Crippen LogP contribution < -0.4 is 26.2 Å². The lowest BCUT2D eigenvalue weighted by Crippen LogP contribution is -2.62. The summed E-state index contributed by atoms with van der Waals surface area (Å²) >= 11 is 0. The number of nitrogens with zero attached hydrogens (tertiary/aromatic N) is 3. The van der Waals surface area contributed by atoms with Crippen molar-refractivity contribution in [3.05, 3.63) is 16.7 Å². The molecule has 11 atom stereocenters. The fourth-order valence-corrected chi connectivity index (χ4v) is 5.89. The fourth-order valence-electron chi connectivity index (χ4n) is 3.81. The maximum Gasteiger partial charge on any atom is 0.280 e. The first-order valence-electron chi connectivity index (χ1n) is 10.8. The third kappa shape index (κ3) is 6.10. The Hall–Kier alpha value is -2.40. The number of H-pyrrole nitrogens is 1. The molecule has 0 saturated carbocycles. The third-order valence-corrected chi connectivity index (χ3v) is 8.23. The van der Waals surface area contributed by atoms with E-state index >= 15 is 0 Å². The number of aromatic nitrogens is 4. The molecular weight excluding hydrogens is 596 g/mol. The van der Waals surface area contributed by atoms with Gasteiger partial charge >= 0.3 is 0 Å². The highest BCUT2D eigenvalue weighted by Gasteiger charge is 2.47. The second-order valence-corrected chi connectivity index (χ2v) is 11.3. The van der Waals surface area contributed by atoms with Crippen molar-refractivity contribution in [2.45, 2.75) is 55.2 Å². The van der Waals surface area contributed by atoms with Crippen LogP contribution in [-0.4, -0.2) is 107 Å². The molecule has 40 heavy (non-hydrogen) atoms. The molecule has 3 unspecified atom stereocenters. The molecule has 22 nitrogen and oxygen atoms in total. The van der Waals surface area contributed by atoms with E-state index in [-0.39, 0.29) is 17.1 Å². The number of hydrogen-bond acceptors (Lipinski definition) is 20. The first-order chi connectivity index (χ1) is 18.5. The monoisotopic (exact) mass is 616 g/mol. The number of nitrogens with one attached hydrogen (secondary N) is 1.